The number of hydrogen-bond acceptors (Lipinski definition) is 4. The summed E-state index contributed by atoms with van der Waals surface area (Å²) < 4.78 is 7.43. The Morgan fingerprint density at radius 1 is 1.38 bits per heavy atom. The average molecular weight is 375 g/mol. The van der Waals surface area contributed by atoms with E-state index in [4.69, 9.17) is 10.6 Å². The zero-order valence-corrected chi connectivity index (χ0v) is 15.6. The van der Waals surface area contributed by atoms with Gasteiger partial charge in [-0.25, -0.2) is 0 Å². The highest BCUT2D eigenvalue weighted by Gasteiger charge is 2.44. The van der Waals surface area contributed by atoms with E-state index in [1.165, 1.54) is 22.2 Å². The van der Waals surface area contributed by atoms with Crippen molar-refractivity contribution < 1.29 is 4.74 Å². The van der Waals surface area contributed by atoms with Crippen LogP contribution in [0.1, 0.15) is 51.3 Å². The summed E-state index contributed by atoms with van der Waals surface area (Å²) in [6.45, 7) is 7.52. The van der Waals surface area contributed by atoms with E-state index in [-0.39, 0.29) is 11.6 Å². The van der Waals surface area contributed by atoms with Crippen LogP contribution < -0.4 is 11.3 Å². The number of rotatable bonds is 6. The summed E-state index contributed by atoms with van der Waals surface area (Å²) in [5.74, 6) is 5.91. The van der Waals surface area contributed by atoms with Crippen molar-refractivity contribution in [1.82, 2.24) is 5.43 Å². The lowest BCUT2D eigenvalue weighted by Crippen LogP contribution is -2.58. The van der Waals surface area contributed by atoms with Crippen LogP contribution >= 0.6 is 27.3 Å². The third-order valence-corrected chi connectivity index (χ3v) is 6.75. The number of nitrogens with one attached hydrogen (secondary N) is 1. The van der Waals surface area contributed by atoms with Crippen LogP contribution in [-0.2, 0) is 11.2 Å². The molecule has 0 radical (unpaired) electrons. The van der Waals surface area contributed by atoms with E-state index in [0.29, 0.717) is 5.41 Å². The summed E-state index contributed by atoms with van der Waals surface area (Å²) in [6.07, 6.45) is 5.44. The predicted octanol–water partition coefficient (Wildman–Crippen LogP) is 4.26. The van der Waals surface area contributed by atoms with Gasteiger partial charge in [0.1, 0.15) is 0 Å². The molecule has 0 saturated heterocycles. The molecule has 5 heteroatoms. The molecule has 1 fully saturated rings. The quantitative estimate of drug-likeness (QED) is 0.577. The fourth-order valence-electron chi connectivity index (χ4n) is 3.28. The molecule has 21 heavy (non-hydrogen) atoms. The minimum absolute atomic E-state index is 0.136. The Balaban J connectivity index is 2.17. The lowest BCUT2D eigenvalue weighted by molar-refractivity contribution is -0.106. The van der Waals surface area contributed by atoms with Crippen LogP contribution in [0, 0.1) is 5.41 Å². The van der Waals surface area contributed by atoms with Crippen molar-refractivity contribution in [3.8, 4) is 0 Å². The molecule has 1 aromatic heterocycles. The van der Waals surface area contributed by atoms with Crippen LogP contribution in [0.2, 0.25) is 0 Å². The molecular weight excluding hydrogens is 348 g/mol. The maximum absolute atomic E-state index is 6.25. The number of hydrazine groups is 1. The number of ether oxygens (including phenoxy) is 1. The molecule has 0 aliphatic heterocycles. The Bertz CT molecular complexity index is 451. The van der Waals surface area contributed by atoms with Gasteiger partial charge in [0.25, 0.3) is 0 Å². The van der Waals surface area contributed by atoms with Gasteiger partial charge in [-0.3, -0.25) is 11.3 Å². The van der Waals surface area contributed by atoms with E-state index in [1.54, 1.807) is 11.3 Å². The lowest BCUT2D eigenvalue weighted by atomic mass is 9.68. The summed E-state index contributed by atoms with van der Waals surface area (Å²) in [7, 11) is 0. The van der Waals surface area contributed by atoms with Crippen LogP contribution in [0.4, 0.5) is 0 Å². The van der Waals surface area contributed by atoms with Crippen LogP contribution in [0.15, 0.2) is 15.9 Å². The molecule has 1 aromatic rings. The fraction of sp³-hybridized carbons (Fsp3) is 0.750. The summed E-state index contributed by atoms with van der Waals surface area (Å²) in [4.78, 5) is 1.34. The molecule has 120 valence electrons. The molecule has 1 heterocycles. The third-order valence-electron chi connectivity index (χ3n) is 4.80. The maximum atomic E-state index is 6.25. The van der Waals surface area contributed by atoms with Gasteiger partial charge in [-0.05, 0) is 65.4 Å². The first kappa shape index (κ1) is 17.4. The molecule has 1 aliphatic carbocycles. The molecule has 1 unspecified atom stereocenters. The number of hydrogen-bond donors (Lipinski definition) is 2. The average Bonchev–Trinajstić information content (AvgIpc) is 2.84. The smallest absolute Gasteiger partial charge is 0.0851 e. The molecule has 1 saturated carbocycles. The molecule has 0 spiro atoms. The summed E-state index contributed by atoms with van der Waals surface area (Å²) >= 11 is 5.40. The molecule has 0 bridgehead atoms. The van der Waals surface area contributed by atoms with Gasteiger partial charge in [-0.2, -0.15) is 0 Å². The first-order chi connectivity index (χ1) is 9.92. The zero-order valence-electron chi connectivity index (χ0n) is 13.2. The van der Waals surface area contributed by atoms with Crippen molar-refractivity contribution in [2.75, 3.05) is 6.61 Å². The Morgan fingerprint density at radius 2 is 2.05 bits per heavy atom. The highest BCUT2D eigenvalue weighted by molar-refractivity contribution is 9.10. The monoisotopic (exact) mass is 374 g/mol. The normalized spacial score (nSPS) is 22.1. The third kappa shape index (κ3) is 4.08. The highest BCUT2D eigenvalue weighted by atomic mass is 79.9. The SMILES string of the molecule is CCOC1(C(Cc2sccc2Br)NN)CCC(C)(C)CC1. The Labute approximate surface area is 140 Å². The second kappa shape index (κ2) is 7.09. The molecule has 2 rings (SSSR count). The van der Waals surface area contributed by atoms with Gasteiger partial charge in [0.2, 0.25) is 0 Å². The minimum Gasteiger partial charge on any atom is -0.374 e. The molecule has 3 N–H and O–H groups in total. The van der Waals surface area contributed by atoms with Crippen LogP contribution in [0.25, 0.3) is 0 Å². The molecule has 0 amide bonds. The van der Waals surface area contributed by atoms with Gasteiger partial charge in [-0.1, -0.05) is 13.8 Å². The van der Waals surface area contributed by atoms with Gasteiger partial charge >= 0.3 is 0 Å². The van der Waals surface area contributed by atoms with E-state index >= 15 is 0 Å². The van der Waals surface area contributed by atoms with Crippen molar-refractivity contribution in [1.29, 1.82) is 0 Å². The van der Waals surface area contributed by atoms with Gasteiger partial charge in [-0.15, -0.1) is 11.3 Å². The topological polar surface area (TPSA) is 47.3 Å². The largest absolute Gasteiger partial charge is 0.374 e. The summed E-state index contributed by atoms with van der Waals surface area (Å²) in [5, 5.41) is 2.12. The second-order valence-electron chi connectivity index (χ2n) is 6.78. The highest BCUT2D eigenvalue weighted by Crippen LogP contribution is 2.44. The predicted molar refractivity (Wildman–Crippen MR) is 93.4 cm³/mol. The first-order valence-corrected chi connectivity index (χ1v) is 9.42. The van der Waals surface area contributed by atoms with Crippen molar-refractivity contribution in [2.45, 2.75) is 64.5 Å². The maximum Gasteiger partial charge on any atom is 0.0851 e. The summed E-state index contributed by atoms with van der Waals surface area (Å²) in [6, 6.07) is 2.26. The molecule has 3 nitrogen and oxygen atoms in total. The van der Waals surface area contributed by atoms with Gasteiger partial charge < -0.3 is 4.74 Å². The van der Waals surface area contributed by atoms with Crippen LogP contribution in [0.3, 0.4) is 0 Å². The second-order valence-corrected chi connectivity index (χ2v) is 8.63. The van der Waals surface area contributed by atoms with E-state index in [0.717, 1.165) is 25.9 Å². The zero-order chi connectivity index (χ0) is 15.5. The number of nitrogens with two attached hydrogens (primary N) is 1. The minimum atomic E-state index is -0.136. The Hall–Kier alpha value is 0.0600. The fourth-order valence-corrected chi connectivity index (χ4v) is 4.85. The van der Waals surface area contributed by atoms with E-state index in [2.05, 4.69) is 53.6 Å². The van der Waals surface area contributed by atoms with Crippen molar-refractivity contribution >= 4 is 27.3 Å². The van der Waals surface area contributed by atoms with Crippen molar-refractivity contribution in [2.24, 2.45) is 11.3 Å². The van der Waals surface area contributed by atoms with Gasteiger partial charge in [0, 0.05) is 22.4 Å². The molecular formula is C16H27BrN2OS. The van der Waals surface area contributed by atoms with Gasteiger partial charge in [0.15, 0.2) is 0 Å². The molecule has 1 aliphatic rings. The summed E-state index contributed by atoms with van der Waals surface area (Å²) in [5.41, 5.74) is 3.33. The van der Waals surface area contributed by atoms with E-state index in [1.807, 2.05) is 0 Å². The van der Waals surface area contributed by atoms with Crippen LogP contribution in [0.5, 0.6) is 0 Å². The standard InChI is InChI=1S/C16H27BrN2OS/c1-4-20-16(8-6-15(2,3)7-9-16)14(19-18)11-13-12(17)5-10-21-13/h5,10,14,19H,4,6-9,11,18H2,1-3H3. The van der Waals surface area contributed by atoms with Crippen LogP contribution in [-0.4, -0.2) is 18.2 Å². The van der Waals surface area contributed by atoms with Crippen molar-refractivity contribution in [3.63, 3.8) is 0 Å². The van der Waals surface area contributed by atoms with E-state index in [9.17, 15) is 0 Å². The Kier molecular flexibility index (Phi) is 5.88. The van der Waals surface area contributed by atoms with E-state index < -0.39 is 0 Å². The lowest BCUT2D eigenvalue weighted by Gasteiger charge is -2.47. The van der Waals surface area contributed by atoms with Gasteiger partial charge in [0.05, 0.1) is 11.6 Å². The molecule has 0 aromatic carbocycles. The number of halogens is 1. The molecule has 1 atom stereocenters. The number of thiophene rings is 1. The first-order valence-electron chi connectivity index (χ1n) is 7.74. The van der Waals surface area contributed by atoms with Crippen molar-refractivity contribution in [3.05, 3.63) is 20.8 Å². The Morgan fingerprint density at radius 3 is 2.52 bits per heavy atom.